The van der Waals surface area contributed by atoms with Gasteiger partial charge in [-0.25, -0.2) is 9.37 Å². The molecular weight excluding hydrogens is 383 g/mol. The van der Waals surface area contributed by atoms with Crippen LogP contribution in [0.25, 0.3) is 10.9 Å². The van der Waals surface area contributed by atoms with E-state index in [1.807, 2.05) is 35.2 Å². The Bertz CT molecular complexity index is 1200. The minimum atomic E-state index is -0.275. The highest BCUT2D eigenvalue weighted by atomic mass is 19.1. The molecule has 1 unspecified atom stereocenters. The van der Waals surface area contributed by atoms with Crippen LogP contribution in [-0.2, 0) is 6.42 Å². The zero-order valence-corrected chi connectivity index (χ0v) is 16.3. The van der Waals surface area contributed by atoms with E-state index in [9.17, 15) is 9.18 Å². The van der Waals surface area contributed by atoms with Gasteiger partial charge in [0, 0.05) is 18.4 Å². The van der Waals surface area contributed by atoms with Crippen molar-refractivity contribution in [2.45, 2.75) is 31.7 Å². The Morgan fingerprint density at radius 2 is 2.10 bits per heavy atom. The average molecular weight is 404 g/mol. The molecule has 2 aromatic heterocycles. The third-order valence-corrected chi connectivity index (χ3v) is 5.56. The van der Waals surface area contributed by atoms with Gasteiger partial charge in [-0.3, -0.25) is 9.89 Å². The molecule has 0 radical (unpaired) electrons. The Kier molecular flexibility index (Phi) is 4.78. The van der Waals surface area contributed by atoms with E-state index in [-0.39, 0.29) is 17.8 Å². The number of hydrogen-bond donors (Lipinski definition) is 1. The molecular formula is C23H21FN4O2. The number of H-pyrrole nitrogens is 1. The van der Waals surface area contributed by atoms with Gasteiger partial charge < -0.3 is 9.32 Å². The van der Waals surface area contributed by atoms with Crippen LogP contribution in [0.4, 0.5) is 4.39 Å². The number of halogens is 1. The molecule has 0 bridgehead atoms. The van der Waals surface area contributed by atoms with Crippen molar-refractivity contribution in [3.05, 3.63) is 83.5 Å². The van der Waals surface area contributed by atoms with E-state index >= 15 is 0 Å². The number of piperidine rings is 1. The van der Waals surface area contributed by atoms with Gasteiger partial charge in [-0.15, -0.1) is 0 Å². The first-order chi connectivity index (χ1) is 14.7. The summed E-state index contributed by atoms with van der Waals surface area (Å²) in [4.78, 5) is 19.6. The van der Waals surface area contributed by atoms with E-state index < -0.39 is 0 Å². The lowest BCUT2D eigenvalue weighted by molar-refractivity contribution is 0.0566. The molecule has 4 aromatic rings. The molecule has 3 heterocycles. The number of amides is 1. The summed E-state index contributed by atoms with van der Waals surface area (Å²) in [6.45, 7) is 0.631. The average Bonchev–Trinajstić information content (AvgIpc) is 3.40. The predicted molar refractivity (Wildman–Crippen MR) is 109 cm³/mol. The molecule has 1 aliphatic rings. The standard InChI is InChI=1S/C23H21FN4O2/c24-16-7-5-6-15(12-16)13-17-14-25-22(30-17)20-10-3-4-11-28(20)23(29)21-18-8-1-2-9-19(18)26-27-21/h1-2,5-9,12,14,20H,3-4,10-11,13H2,(H,26,27). The van der Waals surface area contributed by atoms with Crippen molar-refractivity contribution in [3.8, 4) is 0 Å². The first-order valence-corrected chi connectivity index (χ1v) is 10.1. The van der Waals surface area contributed by atoms with Gasteiger partial charge >= 0.3 is 0 Å². The molecule has 1 saturated heterocycles. The van der Waals surface area contributed by atoms with Crippen LogP contribution in [0.1, 0.15) is 53.0 Å². The molecule has 5 rings (SSSR count). The number of para-hydroxylation sites is 1. The Morgan fingerprint density at radius 3 is 3.00 bits per heavy atom. The van der Waals surface area contributed by atoms with Crippen molar-refractivity contribution >= 4 is 16.8 Å². The second kappa shape index (κ2) is 7.74. The minimum Gasteiger partial charge on any atom is -0.443 e. The predicted octanol–water partition coefficient (Wildman–Crippen LogP) is 4.65. The number of nitrogens with one attached hydrogen (secondary N) is 1. The molecule has 1 fully saturated rings. The van der Waals surface area contributed by atoms with E-state index in [1.165, 1.54) is 12.1 Å². The van der Waals surface area contributed by atoms with Gasteiger partial charge in [0.25, 0.3) is 5.91 Å². The number of fused-ring (bicyclic) bond motifs is 1. The van der Waals surface area contributed by atoms with Crippen molar-refractivity contribution in [3.63, 3.8) is 0 Å². The highest BCUT2D eigenvalue weighted by Gasteiger charge is 2.33. The number of aromatic amines is 1. The molecule has 152 valence electrons. The number of rotatable bonds is 4. The summed E-state index contributed by atoms with van der Waals surface area (Å²) in [5.74, 6) is 0.776. The summed E-state index contributed by atoms with van der Waals surface area (Å²) in [7, 11) is 0. The number of likely N-dealkylation sites (tertiary alicyclic amines) is 1. The maximum atomic E-state index is 13.5. The van der Waals surface area contributed by atoms with Gasteiger partial charge in [0.05, 0.1) is 11.7 Å². The molecule has 2 aromatic carbocycles. The van der Waals surface area contributed by atoms with Gasteiger partial charge in [0.2, 0.25) is 5.89 Å². The molecule has 0 spiro atoms. The summed E-state index contributed by atoms with van der Waals surface area (Å²) < 4.78 is 19.4. The molecule has 1 N–H and O–H groups in total. The summed E-state index contributed by atoms with van der Waals surface area (Å²) >= 11 is 0. The van der Waals surface area contributed by atoms with E-state index in [0.29, 0.717) is 30.3 Å². The summed E-state index contributed by atoms with van der Waals surface area (Å²) in [6, 6.07) is 13.8. The maximum Gasteiger partial charge on any atom is 0.275 e. The zero-order valence-electron chi connectivity index (χ0n) is 16.3. The van der Waals surface area contributed by atoms with Gasteiger partial charge in [-0.1, -0.05) is 30.3 Å². The van der Waals surface area contributed by atoms with Crippen molar-refractivity contribution in [2.75, 3.05) is 6.54 Å². The van der Waals surface area contributed by atoms with E-state index in [1.54, 1.807) is 12.3 Å². The number of nitrogens with zero attached hydrogens (tertiary/aromatic N) is 3. The molecule has 6 nitrogen and oxygen atoms in total. The van der Waals surface area contributed by atoms with Crippen LogP contribution in [0.15, 0.2) is 59.1 Å². The monoisotopic (exact) mass is 404 g/mol. The number of carbonyl (C=O) groups is 1. The van der Waals surface area contributed by atoms with E-state index in [2.05, 4.69) is 15.2 Å². The molecule has 1 atom stereocenters. The second-order valence-corrected chi connectivity index (χ2v) is 7.60. The SMILES string of the molecule is O=C(c1n[nH]c2ccccc12)N1CCCCC1c1ncc(Cc2cccc(F)c2)o1. The minimum absolute atomic E-state index is 0.123. The topological polar surface area (TPSA) is 75.0 Å². The van der Waals surface area contributed by atoms with Crippen LogP contribution in [0.2, 0.25) is 0 Å². The first kappa shape index (κ1) is 18.5. The summed E-state index contributed by atoms with van der Waals surface area (Å²) in [5, 5.41) is 8.01. The Labute approximate surface area is 172 Å². The highest BCUT2D eigenvalue weighted by Crippen LogP contribution is 2.33. The summed E-state index contributed by atoms with van der Waals surface area (Å²) in [5.41, 5.74) is 2.07. The van der Waals surface area contributed by atoms with E-state index in [4.69, 9.17) is 4.42 Å². The Balaban J connectivity index is 1.40. The van der Waals surface area contributed by atoms with Crippen LogP contribution in [0.5, 0.6) is 0 Å². The first-order valence-electron chi connectivity index (χ1n) is 10.1. The van der Waals surface area contributed by atoms with Crippen LogP contribution in [0.3, 0.4) is 0 Å². The fourth-order valence-corrected chi connectivity index (χ4v) is 4.10. The Hall–Kier alpha value is -3.48. The van der Waals surface area contributed by atoms with Crippen molar-refractivity contribution < 1.29 is 13.6 Å². The molecule has 1 amide bonds. The lowest BCUT2D eigenvalue weighted by Gasteiger charge is -2.33. The molecule has 1 aliphatic heterocycles. The third kappa shape index (κ3) is 3.47. The Morgan fingerprint density at radius 1 is 1.20 bits per heavy atom. The lowest BCUT2D eigenvalue weighted by atomic mass is 10.0. The van der Waals surface area contributed by atoms with Gasteiger partial charge in [0.15, 0.2) is 5.69 Å². The fraction of sp³-hybridized carbons (Fsp3) is 0.261. The van der Waals surface area contributed by atoms with Crippen LogP contribution in [0, 0.1) is 5.82 Å². The van der Waals surface area contributed by atoms with Crippen LogP contribution in [-0.4, -0.2) is 32.5 Å². The highest BCUT2D eigenvalue weighted by molar-refractivity contribution is 6.04. The molecule has 7 heteroatoms. The fourth-order valence-electron chi connectivity index (χ4n) is 4.10. The van der Waals surface area contributed by atoms with Gasteiger partial charge in [-0.2, -0.15) is 5.10 Å². The number of benzene rings is 2. The number of hydrogen-bond acceptors (Lipinski definition) is 4. The van der Waals surface area contributed by atoms with Gasteiger partial charge in [-0.05, 0) is 43.0 Å². The zero-order chi connectivity index (χ0) is 20.5. The van der Waals surface area contributed by atoms with Crippen molar-refractivity contribution in [1.82, 2.24) is 20.1 Å². The third-order valence-electron chi connectivity index (χ3n) is 5.56. The molecule has 0 aliphatic carbocycles. The number of oxazole rings is 1. The summed E-state index contributed by atoms with van der Waals surface area (Å²) in [6.07, 6.45) is 4.84. The smallest absolute Gasteiger partial charge is 0.275 e. The van der Waals surface area contributed by atoms with Crippen LogP contribution >= 0.6 is 0 Å². The molecule has 0 saturated carbocycles. The van der Waals surface area contributed by atoms with Crippen molar-refractivity contribution in [2.24, 2.45) is 0 Å². The maximum absolute atomic E-state index is 13.5. The van der Waals surface area contributed by atoms with Crippen LogP contribution < -0.4 is 0 Å². The normalized spacial score (nSPS) is 16.8. The number of aromatic nitrogens is 3. The van der Waals surface area contributed by atoms with Gasteiger partial charge in [0.1, 0.15) is 17.6 Å². The number of carbonyl (C=O) groups excluding carboxylic acids is 1. The van der Waals surface area contributed by atoms with E-state index in [0.717, 1.165) is 35.7 Å². The molecule has 30 heavy (non-hydrogen) atoms. The lowest BCUT2D eigenvalue weighted by Crippen LogP contribution is -2.39. The second-order valence-electron chi connectivity index (χ2n) is 7.60. The quantitative estimate of drug-likeness (QED) is 0.537. The van der Waals surface area contributed by atoms with Crippen molar-refractivity contribution in [1.29, 1.82) is 0 Å². The largest absolute Gasteiger partial charge is 0.443 e.